The quantitative estimate of drug-likeness (QED) is 0.490. The van der Waals surface area contributed by atoms with Gasteiger partial charge in [0.15, 0.2) is 11.6 Å². The first-order valence-corrected chi connectivity index (χ1v) is 7.84. The van der Waals surface area contributed by atoms with Crippen LogP contribution >= 0.6 is 11.6 Å². The first-order valence-electron chi connectivity index (χ1n) is 7.46. The van der Waals surface area contributed by atoms with E-state index in [-0.39, 0.29) is 11.4 Å². The van der Waals surface area contributed by atoms with Crippen molar-refractivity contribution < 1.29 is 13.2 Å². The molecule has 130 valence electrons. The van der Waals surface area contributed by atoms with Crippen LogP contribution in [0.5, 0.6) is 0 Å². The van der Waals surface area contributed by atoms with E-state index < -0.39 is 23.1 Å². The fourth-order valence-corrected chi connectivity index (χ4v) is 2.98. The van der Waals surface area contributed by atoms with Crippen molar-refractivity contribution in [2.75, 3.05) is 5.32 Å². The predicted octanol–water partition coefficient (Wildman–Crippen LogP) is 4.89. The number of aromatic nitrogens is 2. The highest BCUT2D eigenvalue weighted by Crippen LogP contribution is 2.32. The van der Waals surface area contributed by atoms with E-state index in [0.717, 1.165) is 0 Å². The zero-order valence-corrected chi connectivity index (χ0v) is 13.7. The molecule has 2 N–H and O–H groups in total. The van der Waals surface area contributed by atoms with E-state index in [1.165, 1.54) is 6.20 Å². The summed E-state index contributed by atoms with van der Waals surface area (Å²) in [5.41, 5.74) is -0.596. The molecule has 0 radical (unpaired) electrons. The van der Waals surface area contributed by atoms with Crippen molar-refractivity contribution >= 4 is 44.8 Å². The third-order valence-electron chi connectivity index (χ3n) is 3.93. The van der Waals surface area contributed by atoms with E-state index in [2.05, 4.69) is 15.3 Å². The molecule has 2 aromatic heterocycles. The third kappa shape index (κ3) is 2.66. The number of hydrogen-bond donors (Lipinski definition) is 2. The fraction of sp³-hybridized carbons (Fsp3) is 0. The number of fused-ring (bicyclic) bond motifs is 3. The van der Waals surface area contributed by atoms with E-state index in [1.807, 2.05) is 0 Å². The van der Waals surface area contributed by atoms with Gasteiger partial charge in [-0.1, -0.05) is 11.6 Å². The maximum absolute atomic E-state index is 14.0. The van der Waals surface area contributed by atoms with Gasteiger partial charge in [0.1, 0.15) is 17.3 Å². The molecule has 0 aliphatic rings. The van der Waals surface area contributed by atoms with Gasteiger partial charge >= 0.3 is 0 Å². The van der Waals surface area contributed by atoms with E-state index in [4.69, 9.17) is 11.6 Å². The highest BCUT2D eigenvalue weighted by molar-refractivity contribution is 6.32. The minimum absolute atomic E-state index is 0.110. The summed E-state index contributed by atoms with van der Waals surface area (Å²) < 4.78 is 41.1. The normalized spacial score (nSPS) is 11.2. The molecule has 8 heteroatoms. The summed E-state index contributed by atoms with van der Waals surface area (Å²) in [6.45, 7) is 0. The second-order valence-electron chi connectivity index (χ2n) is 5.59. The first kappa shape index (κ1) is 16.4. The van der Waals surface area contributed by atoms with Gasteiger partial charge < -0.3 is 10.3 Å². The van der Waals surface area contributed by atoms with Gasteiger partial charge in [-0.2, -0.15) is 0 Å². The number of nitrogens with zero attached hydrogens (tertiary/aromatic N) is 1. The average Bonchev–Trinajstić information content (AvgIpc) is 2.57. The van der Waals surface area contributed by atoms with E-state index in [9.17, 15) is 18.0 Å². The molecular weight excluding hydrogens is 367 g/mol. The topological polar surface area (TPSA) is 57.8 Å². The number of halogens is 4. The van der Waals surface area contributed by atoms with E-state index in [0.29, 0.717) is 38.8 Å². The summed E-state index contributed by atoms with van der Waals surface area (Å²) in [5.74, 6) is -3.12. The summed E-state index contributed by atoms with van der Waals surface area (Å²) in [6.07, 6.45) is 1.41. The van der Waals surface area contributed by atoms with Crippen LogP contribution in [0, 0.1) is 17.5 Å². The van der Waals surface area contributed by atoms with Gasteiger partial charge in [-0.25, -0.2) is 18.2 Å². The number of hydrogen-bond acceptors (Lipinski definition) is 3. The molecule has 0 saturated carbocycles. The summed E-state index contributed by atoms with van der Waals surface area (Å²) in [4.78, 5) is 19.0. The van der Waals surface area contributed by atoms with Gasteiger partial charge in [0.05, 0.1) is 10.9 Å². The number of nitrogens with one attached hydrogen (secondary N) is 2. The van der Waals surface area contributed by atoms with Gasteiger partial charge in [0.2, 0.25) is 0 Å². The Bertz CT molecular complexity index is 1220. The van der Waals surface area contributed by atoms with Crippen LogP contribution in [0.2, 0.25) is 5.02 Å². The minimum atomic E-state index is -1.10. The molecule has 0 spiro atoms. The van der Waals surface area contributed by atoms with Crippen LogP contribution < -0.4 is 10.9 Å². The maximum atomic E-state index is 14.0. The lowest BCUT2D eigenvalue weighted by atomic mass is 10.1. The van der Waals surface area contributed by atoms with Crippen molar-refractivity contribution in [2.45, 2.75) is 0 Å². The van der Waals surface area contributed by atoms with Crippen molar-refractivity contribution in [1.29, 1.82) is 0 Å². The second-order valence-corrected chi connectivity index (χ2v) is 6.02. The molecule has 4 nitrogen and oxygen atoms in total. The molecule has 0 aliphatic carbocycles. The predicted molar refractivity (Wildman–Crippen MR) is 94.5 cm³/mol. The van der Waals surface area contributed by atoms with Crippen LogP contribution in [-0.2, 0) is 0 Å². The van der Waals surface area contributed by atoms with Crippen molar-refractivity contribution in [1.82, 2.24) is 9.97 Å². The van der Waals surface area contributed by atoms with Gasteiger partial charge in [-0.05, 0) is 24.3 Å². The molecule has 4 rings (SSSR count). The maximum Gasteiger partial charge on any atom is 0.258 e. The van der Waals surface area contributed by atoms with Crippen molar-refractivity contribution in [3.05, 3.63) is 75.4 Å². The number of rotatable bonds is 2. The molecular formula is C18H9ClF3N3O. The SMILES string of the molecule is O=c1[nH]ccc2nc(Nc3c(F)cc(F)cc3F)c3ccc(Cl)cc3c12. The molecule has 0 atom stereocenters. The molecule has 4 aromatic rings. The number of benzene rings is 2. The lowest BCUT2D eigenvalue weighted by Crippen LogP contribution is -2.08. The van der Waals surface area contributed by atoms with Crippen LogP contribution in [0.3, 0.4) is 0 Å². The first-order chi connectivity index (χ1) is 12.4. The molecule has 0 amide bonds. The van der Waals surface area contributed by atoms with Gasteiger partial charge in [0, 0.05) is 34.1 Å². The average molecular weight is 376 g/mol. The molecule has 26 heavy (non-hydrogen) atoms. The summed E-state index contributed by atoms with van der Waals surface area (Å²) >= 11 is 6.04. The number of aromatic amines is 1. The Hall–Kier alpha value is -3.06. The number of pyridine rings is 2. The van der Waals surface area contributed by atoms with Crippen LogP contribution in [0.1, 0.15) is 0 Å². The van der Waals surface area contributed by atoms with Gasteiger partial charge in [0.25, 0.3) is 5.56 Å². The summed E-state index contributed by atoms with van der Waals surface area (Å²) in [6, 6.07) is 7.40. The molecule has 2 heterocycles. The Kier molecular flexibility index (Phi) is 3.81. The highest BCUT2D eigenvalue weighted by atomic mass is 35.5. The van der Waals surface area contributed by atoms with Crippen molar-refractivity contribution in [2.24, 2.45) is 0 Å². The standard InChI is InChI=1S/C18H9ClF3N3O/c19-8-1-2-10-11(5-8)15-14(3-4-23-18(15)26)24-17(10)25-16-12(21)6-9(20)7-13(16)22/h1-7H,(H,23,26)(H,24,25). The third-order valence-corrected chi connectivity index (χ3v) is 4.16. The summed E-state index contributed by atoms with van der Waals surface area (Å²) in [5, 5.41) is 4.15. The molecule has 0 aliphatic heterocycles. The highest BCUT2D eigenvalue weighted by Gasteiger charge is 2.16. The molecule has 2 aromatic carbocycles. The smallest absolute Gasteiger partial charge is 0.258 e. The summed E-state index contributed by atoms with van der Waals surface area (Å²) in [7, 11) is 0. The van der Waals surface area contributed by atoms with Crippen LogP contribution in [0.4, 0.5) is 24.7 Å². The lowest BCUT2D eigenvalue weighted by Gasteiger charge is -2.13. The number of H-pyrrole nitrogens is 1. The molecule has 0 saturated heterocycles. The van der Waals surface area contributed by atoms with Crippen LogP contribution in [0.25, 0.3) is 21.7 Å². The second kappa shape index (κ2) is 6.03. The Morgan fingerprint density at radius 1 is 1.00 bits per heavy atom. The largest absolute Gasteiger partial charge is 0.335 e. The minimum Gasteiger partial charge on any atom is -0.335 e. The van der Waals surface area contributed by atoms with Crippen LogP contribution in [0.15, 0.2) is 47.4 Å². The Morgan fingerprint density at radius 2 is 1.73 bits per heavy atom. The molecule has 0 unspecified atom stereocenters. The Morgan fingerprint density at radius 3 is 2.46 bits per heavy atom. The Balaban J connectivity index is 2.03. The molecule has 0 fully saturated rings. The molecule has 0 bridgehead atoms. The lowest BCUT2D eigenvalue weighted by molar-refractivity contribution is 0.549. The van der Waals surface area contributed by atoms with E-state index >= 15 is 0 Å². The Labute approximate surface area is 149 Å². The van der Waals surface area contributed by atoms with Crippen molar-refractivity contribution in [3.8, 4) is 0 Å². The fourth-order valence-electron chi connectivity index (χ4n) is 2.81. The van der Waals surface area contributed by atoms with Gasteiger partial charge in [-0.15, -0.1) is 0 Å². The monoisotopic (exact) mass is 375 g/mol. The zero-order valence-electron chi connectivity index (χ0n) is 12.9. The number of anilines is 2. The van der Waals surface area contributed by atoms with Crippen molar-refractivity contribution in [3.63, 3.8) is 0 Å². The van der Waals surface area contributed by atoms with E-state index in [1.54, 1.807) is 24.3 Å². The van der Waals surface area contributed by atoms with Gasteiger partial charge in [-0.3, -0.25) is 4.79 Å². The van der Waals surface area contributed by atoms with Crippen LogP contribution in [-0.4, -0.2) is 9.97 Å². The zero-order chi connectivity index (χ0) is 18.4.